The van der Waals surface area contributed by atoms with Crippen molar-refractivity contribution in [1.29, 1.82) is 1.43 Å². The molecular formula is C43H72I2N12O16S2Si2. The van der Waals surface area contributed by atoms with Crippen molar-refractivity contribution in [2.45, 2.75) is 161 Å². The summed E-state index contributed by atoms with van der Waals surface area (Å²) >= 11 is 3.97. The highest BCUT2D eigenvalue weighted by Gasteiger charge is 2.54. The number of amides is 2. The van der Waals surface area contributed by atoms with Gasteiger partial charge in [-0.1, -0.05) is 69.2 Å². The molecule has 2 saturated heterocycles. The minimum atomic E-state index is -4.49. The van der Waals surface area contributed by atoms with Crippen molar-refractivity contribution in [3.63, 3.8) is 0 Å². The van der Waals surface area contributed by atoms with E-state index in [2.05, 4.69) is 53.5 Å². The molecule has 0 spiro atoms. The number of aromatic nitrogens is 8. The summed E-state index contributed by atoms with van der Waals surface area (Å²) in [5.74, 6) is -1.72. The molecule has 2 aliphatic rings. The van der Waals surface area contributed by atoms with E-state index >= 15 is 0 Å². The molecule has 2 aliphatic heterocycles. The molecule has 4 aromatic heterocycles. The molecule has 0 radical (unpaired) electrons. The number of halogens is 2. The summed E-state index contributed by atoms with van der Waals surface area (Å²) in [6, 6.07) is 0. The summed E-state index contributed by atoms with van der Waals surface area (Å²) in [6.45, 7) is 25.9. The van der Waals surface area contributed by atoms with Crippen LogP contribution in [0.1, 0.15) is 90.0 Å². The smallest absolute Gasteiger partial charge is 0.333 e. The fraction of sp³-hybridized carbons (Fsp3) is 0.674. The van der Waals surface area contributed by atoms with Crippen molar-refractivity contribution in [2.24, 2.45) is 22.1 Å². The molecule has 434 valence electrons. The zero-order chi connectivity index (χ0) is 60.6. The third-order valence-electron chi connectivity index (χ3n) is 12.7. The van der Waals surface area contributed by atoms with Gasteiger partial charge in [-0.2, -0.15) is 26.8 Å². The van der Waals surface area contributed by atoms with Gasteiger partial charge >= 0.3 is 20.6 Å². The standard InChI is InChI=1S/C20H34N6O8SSi.C20H34N6O7SSi.C2I2.CH4O/c1-10(2)16(28)24-19-23-15-12(17(29)25-19)22-9-26(15)18-14(33-35(21,30)31)13(11(8-27)32-18)34-36(6,7)20(3,4)5;1-10(2)16(27)24-19-23-15-12(17(28)25-19)22-9-26(15)18-14(32-34(21,29)30)13(11(3)31-18)33-35(7,8)20(4,5)6;3-1-2-4;1-2/h9-11,13-14,18,27H,8H2,1-7H3,(H2,21,30,31)(H2,23,24,25,28,29);9-11,13-14,18H,1-8H3,(H2,21,29,30)(H2,23,24,25,27,28);;2H,1H3/i;3D;;2T. The number of carbonyl (C=O) groups is 2. The third-order valence-corrected chi connectivity index (χ3v) is 24.2. The van der Waals surface area contributed by atoms with E-state index in [1.54, 1.807) is 27.7 Å². The molecule has 2 fully saturated rings. The molecule has 6 rings (SSSR count). The molecule has 77 heavy (non-hydrogen) atoms. The van der Waals surface area contributed by atoms with Gasteiger partial charge in [-0.15, -0.1) is 0 Å². The zero-order valence-corrected chi connectivity index (χ0v) is 53.3. The Morgan fingerprint density at radius 2 is 1.16 bits per heavy atom. The van der Waals surface area contributed by atoms with Crippen molar-refractivity contribution < 1.29 is 64.7 Å². The summed E-state index contributed by atoms with van der Waals surface area (Å²) in [4.78, 5) is 71.1. The topological polar surface area (TPSA) is 402 Å². The van der Waals surface area contributed by atoms with Crippen LogP contribution < -0.4 is 32.0 Å². The summed E-state index contributed by atoms with van der Waals surface area (Å²) in [6.07, 6.45) is -6.38. The van der Waals surface area contributed by atoms with Crippen molar-refractivity contribution >= 4 is 128 Å². The molecule has 0 aromatic carbocycles. The molecule has 8 unspecified atom stereocenters. The van der Waals surface area contributed by atoms with Gasteiger partial charge in [0.05, 0.1) is 25.4 Å². The number of hydrogen-bond acceptors (Lipinski definition) is 20. The first-order chi connectivity index (χ1) is 36.2. The average molecular weight is 1390 g/mol. The van der Waals surface area contributed by atoms with Gasteiger partial charge < -0.3 is 28.5 Å². The number of carbonyl (C=O) groups excluding carboxylic acids is 2. The number of hydrogen-bond donors (Lipinski definition) is 8. The maximum atomic E-state index is 12.6. The number of nitrogens with two attached hydrogens (primary N) is 2. The number of ether oxygens (including phenoxy) is 2. The van der Waals surface area contributed by atoms with Gasteiger partial charge in [-0.25, -0.2) is 28.6 Å². The second-order valence-electron chi connectivity index (χ2n) is 21.1. The van der Waals surface area contributed by atoms with Crippen LogP contribution >= 0.6 is 45.2 Å². The lowest BCUT2D eigenvalue weighted by Gasteiger charge is -2.40. The van der Waals surface area contributed by atoms with Crippen LogP contribution in [0.2, 0.25) is 36.3 Å². The van der Waals surface area contributed by atoms with Crippen LogP contribution in [0, 0.1) is 19.7 Å². The van der Waals surface area contributed by atoms with Crippen LogP contribution in [0.15, 0.2) is 22.2 Å². The van der Waals surface area contributed by atoms with Crippen LogP contribution in [0.3, 0.4) is 0 Å². The number of imidazole rings is 2. The van der Waals surface area contributed by atoms with E-state index in [0.717, 1.165) is 0 Å². The zero-order valence-electron chi connectivity index (χ0n) is 47.3. The van der Waals surface area contributed by atoms with Crippen molar-refractivity contribution in [2.75, 3.05) is 24.4 Å². The number of fused-ring (bicyclic) bond motifs is 2. The Labute approximate surface area is 479 Å². The van der Waals surface area contributed by atoms with Crippen LogP contribution in [0.5, 0.6) is 0 Å². The predicted octanol–water partition coefficient (Wildman–Crippen LogP) is 3.58. The molecule has 0 saturated carbocycles. The number of aromatic amines is 2. The van der Waals surface area contributed by atoms with Gasteiger partial charge in [0.25, 0.3) is 11.1 Å². The summed E-state index contributed by atoms with van der Waals surface area (Å²) in [5, 5.41) is 28.6. The minimum Gasteiger partial charge on any atom is -0.408 e. The molecule has 4 aromatic rings. The first kappa shape index (κ1) is 64.4. The fourth-order valence-electron chi connectivity index (χ4n) is 6.71. The first-order valence-electron chi connectivity index (χ1n) is 24.6. The van der Waals surface area contributed by atoms with Gasteiger partial charge in [0.1, 0.15) is 18.3 Å². The summed E-state index contributed by atoms with van der Waals surface area (Å²) in [7, 11) is -12.7. The maximum Gasteiger partial charge on any atom is 0.333 e. The molecule has 8 atom stereocenters. The van der Waals surface area contributed by atoms with Crippen LogP contribution in [-0.2, 0) is 56.9 Å². The SMILES string of the molecule is CC(C)C(=O)Nc1nc2c(ncn2C2OC(CO)C(O[Si](C)(C)C(C)(C)C)C2OS(N)(=O)=O)c(=O)[nH]1.IC#CI.[2H]CC1OC(n2cnc3c(=O)[nH]c(NC(=O)C(C)C)nc32)C(OS(N)(=O)=O)C1O[Si](C)(C)C(C)(C)C.[3H]OC. The Balaban J connectivity index is 0.000000371. The van der Waals surface area contributed by atoms with E-state index in [9.17, 15) is 41.1 Å². The lowest BCUT2D eigenvalue weighted by Crippen LogP contribution is -2.50. The normalized spacial score (nSPS) is 22.4. The lowest BCUT2D eigenvalue weighted by molar-refractivity contribution is -0.119. The van der Waals surface area contributed by atoms with E-state index in [0.29, 0.717) is 0 Å². The predicted molar refractivity (Wildman–Crippen MR) is 308 cm³/mol. The van der Waals surface area contributed by atoms with Crippen molar-refractivity contribution in [1.82, 2.24) is 39.0 Å². The monoisotopic (exact) mass is 1390 g/mol. The number of rotatable bonds is 15. The third kappa shape index (κ3) is 17.5. The molecule has 2 amide bonds. The maximum absolute atomic E-state index is 12.6. The van der Waals surface area contributed by atoms with Crippen molar-refractivity contribution in [3.05, 3.63) is 33.4 Å². The fourth-order valence-corrected chi connectivity index (χ4v) is 10.4. The van der Waals surface area contributed by atoms with Crippen LogP contribution in [0.25, 0.3) is 22.3 Å². The highest BCUT2D eigenvalue weighted by molar-refractivity contribution is 14.1. The lowest BCUT2D eigenvalue weighted by atomic mass is 10.1. The second-order valence-corrected chi connectivity index (χ2v) is 34.0. The van der Waals surface area contributed by atoms with Crippen molar-refractivity contribution in [3.8, 4) is 7.85 Å². The number of nitrogens with zero attached hydrogens (tertiary/aromatic N) is 6. The summed E-state index contributed by atoms with van der Waals surface area (Å²) < 4.78 is 105. The van der Waals surface area contributed by atoms with Gasteiger partial charge in [0, 0.05) is 65.5 Å². The van der Waals surface area contributed by atoms with Gasteiger partial charge in [0.15, 0.2) is 63.6 Å². The summed E-state index contributed by atoms with van der Waals surface area (Å²) in [5.41, 5.74) is -1.38. The van der Waals surface area contributed by atoms with E-state index < -0.39 is 104 Å². The van der Waals surface area contributed by atoms with E-state index in [1.165, 1.54) is 28.9 Å². The second kappa shape index (κ2) is 26.9. The van der Waals surface area contributed by atoms with E-state index in [-0.39, 0.29) is 74.9 Å². The Hall–Kier alpha value is -3.41. The molecular weight excluding hydrogens is 1310 g/mol. The molecule has 0 aliphatic carbocycles. The van der Waals surface area contributed by atoms with Gasteiger partial charge in [0.2, 0.25) is 25.1 Å². The number of anilines is 2. The average Bonchev–Trinajstić information content (AvgIpc) is 4.09. The Kier molecular flexibility index (Phi) is 22.5. The Bertz CT molecular complexity index is 2960. The number of H-pyrrole nitrogens is 2. The largest absolute Gasteiger partial charge is 0.408 e. The minimum absolute atomic E-state index is 0.00417. The number of aliphatic hydroxyl groups is 2. The quantitative estimate of drug-likeness (QED) is 0.0479. The number of aliphatic hydroxyl groups excluding tert-OH is 2. The van der Waals surface area contributed by atoms with Crippen LogP contribution in [-0.4, -0.2) is 146 Å². The highest BCUT2D eigenvalue weighted by Crippen LogP contribution is 2.44. The molecule has 6 heterocycles. The van der Waals surface area contributed by atoms with Gasteiger partial charge in [-0.05, 0) is 51.0 Å². The van der Waals surface area contributed by atoms with Crippen LogP contribution in [0.4, 0.5) is 11.9 Å². The molecule has 0 bridgehead atoms. The first-order valence-corrected chi connectivity index (χ1v) is 34.4. The number of nitrogens with one attached hydrogen (secondary N) is 4. The van der Waals surface area contributed by atoms with Gasteiger partial charge in [-0.3, -0.25) is 48.9 Å². The van der Waals surface area contributed by atoms with E-state index in [4.69, 9.17) is 39.8 Å². The Morgan fingerprint density at radius 1 is 0.792 bits per heavy atom. The van der Waals surface area contributed by atoms with E-state index in [1.807, 2.05) is 113 Å². The highest BCUT2D eigenvalue weighted by atomic mass is 127. The molecule has 34 heteroatoms. The molecule has 10 N–H and O–H groups in total. The Morgan fingerprint density at radius 3 is 1.48 bits per heavy atom. The molecule has 28 nitrogen and oxygen atoms in total.